The van der Waals surface area contributed by atoms with Gasteiger partial charge >= 0.3 is 0 Å². The van der Waals surface area contributed by atoms with Gasteiger partial charge in [0, 0.05) is 10.5 Å². The highest BCUT2D eigenvalue weighted by atomic mass is 79.9. The summed E-state index contributed by atoms with van der Waals surface area (Å²) >= 11 is 3.53. The predicted molar refractivity (Wildman–Crippen MR) is 81.0 cm³/mol. The molecule has 1 aliphatic rings. The molecule has 1 saturated carbocycles. The molecule has 19 heavy (non-hydrogen) atoms. The highest BCUT2D eigenvalue weighted by Crippen LogP contribution is 2.27. The Morgan fingerprint density at radius 1 is 1.42 bits per heavy atom. The Bertz CT molecular complexity index is 432. The van der Waals surface area contributed by atoms with Gasteiger partial charge in [0.05, 0.1) is 6.54 Å². The van der Waals surface area contributed by atoms with Crippen molar-refractivity contribution in [3.05, 3.63) is 34.3 Å². The Labute approximate surface area is 123 Å². The van der Waals surface area contributed by atoms with Gasteiger partial charge in [-0.05, 0) is 50.3 Å². The minimum atomic E-state index is 0.0835. The fourth-order valence-corrected chi connectivity index (χ4v) is 2.53. The van der Waals surface area contributed by atoms with Crippen LogP contribution in [0.2, 0.25) is 0 Å². The molecule has 4 heteroatoms. The lowest BCUT2D eigenvalue weighted by Gasteiger charge is -2.15. The number of hydrogen-bond donors (Lipinski definition) is 2. The van der Waals surface area contributed by atoms with Crippen molar-refractivity contribution in [2.24, 2.45) is 5.92 Å². The third kappa shape index (κ3) is 5.33. The molecular formula is C15H21BrN2O. The standard InChI is InChI=1S/C15H21BrN2O/c1-11(8-13-4-2-3-5-14(13)16)18-15(19)10-17-9-12-6-7-12/h2-5,11-12,17H,6-10H2,1H3,(H,18,19). The monoisotopic (exact) mass is 324 g/mol. The lowest BCUT2D eigenvalue weighted by molar-refractivity contribution is -0.120. The van der Waals surface area contributed by atoms with E-state index in [1.165, 1.54) is 18.4 Å². The molecule has 1 atom stereocenters. The van der Waals surface area contributed by atoms with Crippen LogP contribution in [-0.4, -0.2) is 25.0 Å². The van der Waals surface area contributed by atoms with Crippen LogP contribution in [0.3, 0.4) is 0 Å². The molecule has 1 aromatic rings. The molecule has 1 amide bonds. The summed E-state index contributed by atoms with van der Waals surface area (Å²) in [6.07, 6.45) is 3.47. The fraction of sp³-hybridized carbons (Fsp3) is 0.533. The molecule has 0 aromatic heterocycles. The van der Waals surface area contributed by atoms with Gasteiger partial charge in [0.25, 0.3) is 0 Å². The number of carbonyl (C=O) groups is 1. The van der Waals surface area contributed by atoms with Gasteiger partial charge in [0.15, 0.2) is 0 Å². The summed E-state index contributed by atoms with van der Waals surface area (Å²) < 4.78 is 1.10. The second-order valence-corrected chi connectivity index (χ2v) is 6.19. The average molecular weight is 325 g/mol. The number of carbonyl (C=O) groups excluding carboxylic acids is 1. The maximum Gasteiger partial charge on any atom is 0.234 e. The maximum absolute atomic E-state index is 11.7. The van der Waals surface area contributed by atoms with Gasteiger partial charge in [0.2, 0.25) is 5.91 Å². The van der Waals surface area contributed by atoms with E-state index < -0.39 is 0 Å². The van der Waals surface area contributed by atoms with Gasteiger partial charge in [-0.2, -0.15) is 0 Å². The minimum absolute atomic E-state index is 0.0835. The van der Waals surface area contributed by atoms with Crippen molar-refractivity contribution in [2.45, 2.75) is 32.2 Å². The van der Waals surface area contributed by atoms with E-state index in [4.69, 9.17) is 0 Å². The summed E-state index contributed by atoms with van der Waals surface area (Å²) in [7, 11) is 0. The van der Waals surface area contributed by atoms with Crippen LogP contribution in [0.1, 0.15) is 25.3 Å². The van der Waals surface area contributed by atoms with Crippen molar-refractivity contribution in [3.8, 4) is 0 Å². The molecule has 3 nitrogen and oxygen atoms in total. The SMILES string of the molecule is CC(Cc1ccccc1Br)NC(=O)CNCC1CC1. The molecule has 104 valence electrons. The summed E-state index contributed by atoms with van der Waals surface area (Å²) in [6, 6.07) is 8.28. The number of benzene rings is 1. The normalized spacial score (nSPS) is 16.1. The molecule has 1 unspecified atom stereocenters. The lowest BCUT2D eigenvalue weighted by Crippen LogP contribution is -2.40. The number of halogens is 1. The fourth-order valence-electron chi connectivity index (χ4n) is 2.08. The quantitative estimate of drug-likeness (QED) is 0.809. The predicted octanol–water partition coefficient (Wildman–Crippen LogP) is 2.50. The molecule has 0 saturated heterocycles. The topological polar surface area (TPSA) is 41.1 Å². The second-order valence-electron chi connectivity index (χ2n) is 5.34. The van der Waals surface area contributed by atoms with E-state index in [0.29, 0.717) is 6.54 Å². The lowest BCUT2D eigenvalue weighted by atomic mass is 10.1. The summed E-state index contributed by atoms with van der Waals surface area (Å²) in [6.45, 7) is 3.45. The summed E-state index contributed by atoms with van der Waals surface area (Å²) in [5.41, 5.74) is 1.22. The minimum Gasteiger partial charge on any atom is -0.352 e. The molecule has 2 N–H and O–H groups in total. The average Bonchev–Trinajstić information content (AvgIpc) is 3.16. The number of amides is 1. The van der Waals surface area contributed by atoms with Gasteiger partial charge in [-0.15, -0.1) is 0 Å². The van der Waals surface area contributed by atoms with Crippen molar-refractivity contribution in [1.82, 2.24) is 10.6 Å². The van der Waals surface area contributed by atoms with Crippen LogP contribution in [0.25, 0.3) is 0 Å². The largest absolute Gasteiger partial charge is 0.352 e. The molecule has 0 spiro atoms. The number of hydrogen-bond acceptors (Lipinski definition) is 2. The zero-order valence-corrected chi connectivity index (χ0v) is 12.9. The van der Waals surface area contributed by atoms with Crippen LogP contribution in [0, 0.1) is 5.92 Å². The van der Waals surface area contributed by atoms with E-state index >= 15 is 0 Å². The van der Waals surface area contributed by atoms with E-state index in [-0.39, 0.29) is 11.9 Å². The summed E-state index contributed by atoms with van der Waals surface area (Å²) in [4.78, 5) is 11.7. The zero-order valence-electron chi connectivity index (χ0n) is 11.3. The van der Waals surface area contributed by atoms with Crippen molar-refractivity contribution >= 4 is 21.8 Å². The maximum atomic E-state index is 11.7. The smallest absolute Gasteiger partial charge is 0.234 e. The summed E-state index contributed by atoms with van der Waals surface area (Å²) in [5, 5.41) is 6.23. The molecule has 1 fully saturated rings. The molecule has 0 heterocycles. The van der Waals surface area contributed by atoms with Gasteiger partial charge in [0.1, 0.15) is 0 Å². The van der Waals surface area contributed by atoms with Gasteiger partial charge in [-0.3, -0.25) is 4.79 Å². The second kappa shape index (κ2) is 7.06. The zero-order chi connectivity index (χ0) is 13.7. The first-order valence-corrected chi connectivity index (χ1v) is 7.68. The summed E-state index contributed by atoms with van der Waals surface area (Å²) in [5.74, 6) is 0.894. The van der Waals surface area contributed by atoms with E-state index in [9.17, 15) is 4.79 Å². The first-order chi connectivity index (χ1) is 9.15. The van der Waals surface area contributed by atoms with Crippen LogP contribution in [-0.2, 0) is 11.2 Å². The Kier molecular flexibility index (Phi) is 5.40. The van der Waals surface area contributed by atoms with E-state index in [1.807, 2.05) is 25.1 Å². The van der Waals surface area contributed by atoms with Crippen LogP contribution in [0.4, 0.5) is 0 Å². The third-order valence-corrected chi connectivity index (χ3v) is 4.08. The first kappa shape index (κ1) is 14.5. The molecule has 0 aliphatic heterocycles. The van der Waals surface area contributed by atoms with E-state index in [0.717, 1.165) is 23.4 Å². The first-order valence-electron chi connectivity index (χ1n) is 6.88. The van der Waals surface area contributed by atoms with E-state index in [2.05, 4.69) is 32.6 Å². The van der Waals surface area contributed by atoms with Crippen LogP contribution >= 0.6 is 15.9 Å². The van der Waals surface area contributed by atoms with Crippen molar-refractivity contribution < 1.29 is 4.79 Å². The Morgan fingerprint density at radius 3 is 2.84 bits per heavy atom. The number of rotatable bonds is 7. The molecular weight excluding hydrogens is 304 g/mol. The highest BCUT2D eigenvalue weighted by Gasteiger charge is 2.20. The van der Waals surface area contributed by atoms with Crippen molar-refractivity contribution in [3.63, 3.8) is 0 Å². The van der Waals surface area contributed by atoms with Crippen molar-refractivity contribution in [2.75, 3.05) is 13.1 Å². The Morgan fingerprint density at radius 2 is 2.16 bits per heavy atom. The molecule has 2 rings (SSSR count). The highest BCUT2D eigenvalue weighted by molar-refractivity contribution is 9.10. The van der Waals surface area contributed by atoms with Crippen molar-refractivity contribution in [1.29, 1.82) is 0 Å². The molecule has 0 bridgehead atoms. The molecule has 0 radical (unpaired) electrons. The van der Waals surface area contributed by atoms with Gasteiger partial charge in [-0.1, -0.05) is 34.1 Å². The Hall–Kier alpha value is -0.870. The molecule has 1 aliphatic carbocycles. The number of nitrogens with one attached hydrogen (secondary N) is 2. The van der Waals surface area contributed by atoms with Crippen LogP contribution in [0.5, 0.6) is 0 Å². The van der Waals surface area contributed by atoms with Gasteiger partial charge < -0.3 is 10.6 Å². The van der Waals surface area contributed by atoms with Crippen LogP contribution in [0.15, 0.2) is 28.7 Å². The van der Waals surface area contributed by atoms with Gasteiger partial charge in [-0.25, -0.2) is 0 Å². The van der Waals surface area contributed by atoms with E-state index in [1.54, 1.807) is 0 Å². The van der Waals surface area contributed by atoms with Crippen LogP contribution < -0.4 is 10.6 Å². The molecule has 1 aromatic carbocycles. The Balaban J connectivity index is 1.69. The third-order valence-electron chi connectivity index (χ3n) is 3.31.